The first-order chi connectivity index (χ1) is 9.56. The summed E-state index contributed by atoms with van der Waals surface area (Å²) in [6.45, 7) is 2.01. The van der Waals surface area contributed by atoms with E-state index in [9.17, 15) is 9.59 Å². The number of H-pyrrole nitrogens is 1. The quantitative estimate of drug-likeness (QED) is 0.860. The lowest BCUT2D eigenvalue weighted by Gasteiger charge is -2.12. The number of fused-ring (bicyclic) bond motifs is 1. The highest BCUT2D eigenvalue weighted by Gasteiger charge is 2.25. The van der Waals surface area contributed by atoms with Crippen LogP contribution in [0.1, 0.15) is 42.1 Å². The number of aromatic amines is 1. The van der Waals surface area contributed by atoms with Crippen LogP contribution in [-0.2, 0) is 4.74 Å². The van der Waals surface area contributed by atoms with Crippen LogP contribution in [0.4, 0.5) is 0 Å². The Hall–Kier alpha value is -2.21. The predicted molar refractivity (Wildman–Crippen MR) is 73.4 cm³/mol. The standard InChI is InChI=1S/C14H15N3O3/c1-7-2-3-11(20-7)9-6-10(18)12-8(17-9)4-5-16-13(12)14(15)19/h4-7,11H,2-3H2,1H3,(H2,15,19)(H,17,18)/t7?,11-/m1/s1. The third-order valence-electron chi connectivity index (χ3n) is 3.58. The molecule has 2 aromatic rings. The van der Waals surface area contributed by atoms with E-state index < -0.39 is 5.91 Å². The molecule has 1 saturated heterocycles. The number of nitrogens with zero attached hydrogens (tertiary/aromatic N) is 1. The molecule has 3 heterocycles. The highest BCUT2D eigenvalue weighted by atomic mass is 16.5. The second-order valence-corrected chi connectivity index (χ2v) is 5.05. The van der Waals surface area contributed by atoms with Crippen LogP contribution >= 0.6 is 0 Å². The van der Waals surface area contributed by atoms with Crippen molar-refractivity contribution in [2.24, 2.45) is 5.73 Å². The summed E-state index contributed by atoms with van der Waals surface area (Å²) in [5, 5.41) is 0.231. The summed E-state index contributed by atoms with van der Waals surface area (Å²) < 4.78 is 5.75. The molecule has 1 amide bonds. The zero-order valence-corrected chi connectivity index (χ0v) is 11.1. The lowest BCUT2D eigenvalue weighted by Crippen LogP contribution is -2.18. The molecule has 1 fully saturated rings. The molecule has 3 rings (SSSR count). The van der Waals surface area contributed by atoms with E-state index in [0.717, 1.165) is 18.5 Å². The van der Waals surface area contributed by atoms with Gasteiger partial charge in [-0.1, -0.05) is 0 Å². The van der Waals surface area contributed by atoms with Crippen molar-refractivity contribution >= 4 is 16.8 Å². The maximum atomic E-state index is 12.2. The molecule has 1 aliphatic rings. The molecule has 0 bridgehead atoms. The topological polar surface area (TPSA) is 98.1 Å². The van der Waals surface area contributed by atoms with Crippen LogP contribution < -0.4 is 11.2 Å². The van der Waals surface area contributed by atoms with E-state index in [1.165, 1.54) is 12.3 Å². The highest BCUT2D eigenvalue weighted by molar-refractivity contribution is 6.03. The van der Waals surface area contributed by atoms with Gasteiger partial charge in [0.05, 0.1) is 23.1 Å². The fourth-order valence-corrected chi connectivity index (χ4v) is 2.61. The minimum atomic E-state index is -0.709. The maximum Gasteiger partial charge on any atom is 0.268 e. The predicted octanol–water partition coefficient (Wildman–Crippen LogP) is 1.26. The van der Waals surface area contributed by atoms with Crippen molar-refractivity contribution in [3.8, 4) is 0 Å². The van der Waals surface area contributed by atoms with E-state index in [-0.39, 0.29) is 28.7 Å². The second kappa shape index (κ2) is 4.72. The fourth-order valence-electron chi connectivity index (χ4n) is 2.61. The van der Waals surface area contributed by atoms with Crippen LogP contribution in [0, 0.1) is 0 Å². The average molecular weight is 273 g/mol. The van der Waals surface area contributed by atoms with E-state index in [1.54, 1.807) is 6.07 Å². The Morgan fingerprint density at radius 2 is 2.30 bits per heavy atom. The molecule has 6 heteroatoms. The number of rotatable bonds is 2. The zero-order chi connectivity index (χ0) is 14.3. The summed E-state index contributed by atoms with van der Waals surface area (Å²) in [6.07, 6.45) is 3.38. The van der Waals surface area contributed by atoms with Gasteiger partial charge in [-0.25, -0.2) is 0 Å². The van der Waals surface area contributed by atoms with Crippen molar-refractivity contribution in [2.45, 2.75) is 32.0 Å². The first kappa shape index (κ1) is 12.8. The van der Waals surface area contributed by atoms with Gasteiger partial charge in [-0.05, 0) is 25.8 Å². The second-order valence-electron chi connectivity index (χ2n) is 5.05. The lowest BCUT2D eigenvalue weighted by atomic mass is 10.1. The number of nitrogens with one attached hydrogen (secondary N) is 1. The Morgan fingerprint density at radius 3 is 2.95 bits per heavy atom. The summed E-state index contributed by atoms with van der Waals surface area (Å²) in [5.41, 5.74) is 6.26. The highest BCUT2D eigenvalue weighted by Crippen LogP contribution is 2.31. The number of carbonyl (C=O) groups is 1. The first-order valence-electron chi connectivity index (χ1n) is 6.53. The molecule has 2 atom stereocenters. The van der Waals surface area contributed by atoms with Crippen LogP contribution in [0.3, 0.4) is 0 Å². The van der Waals surface area contributed by atoms with E-state index in [0.29, 0.717) is 5.52 Å². The average Bonchev–Trinajstić information content (AvgIpc) is 2.84. The van der Waals surface area contributed by atoms with Gasteiger partial charge in [0.25, 0.3) is 5.91 Å². The van der Waals surface area contributed by atoms with Gasteiger partial charge in [0.15, 0.2) is 5.43 Å². The summed E-state index contributed by atoms with van der Waals surface area (Å²) >= 11 is 0. The molecule has 104 valence electrons. The molecule has 1 unspecified atom stereocenters. The van der Waals surface area contributed by atoms with Gasteiger partial charge < -0.3 is 15.5 Å². The smallest absolute Gasteiger partial charge is 0.268 e. The van der Waals surface area contributed by atoms with Crippen LogP contribution in [-0.4, -0.2) is 22.0 Å². The Kier molecular flexibility index (Phi) is 3.02. The molecule has 0 spiro atoms. The molecule has 6 nitrogen and oxygen atoms in total. The van der Waals surface area contributed by atoms with Crippen molar-refractivity contribution in [2.75, 3.05) is 0 Å². The van der Waals surface area contributed by atoms with Crippen LogP contribution in [0.2, 0.25) is 0 Å². The van der Waals surface area contributed by atoms with Gasteiger partial charge in [-0.15, -0.1) is 0 Å². The number of hydrogen-bond donors (Lipinski definition) is 2. The largest absolute Gasteiger partial charge is 0.369 e. The molecule has 20 heavy (non-hydrogen) atoms. The third kappa shape index (κ3) is 2.08. The molecule has 0 saturated carbocycles. The summed E-state index contributed by atoms with van der Waals surface area (Å²) in [4.78, 5) is 30.6. The normalized spacial score (nSPS) is 22.2. The van der Waals surface area contributed by atoms with Crippen molar-refractivity contribution in [1.29, 1.82) is 0 Å². The number of ether oxygens (including phenoxy) is 1. The number of amides is 1. The molecule has 2 aromatic heterocycles. The van der Waals surface area contributed by atoms with Crippen molar-refractivity contribution in [3.05, 3.63) is 39.9 Å². The van der Waals surface area contributed by atoms with Crippen LogP contribution in [0.15, 0.2) is 23.1 Å². The Labute approximate surface area is 115 Å². The molecule has 0 aliphatic carbocycles. The van der Waals surface area contributed by atoms with E-state index in [1.807, 2.05) is 6.92 Å². The first-order valence-corrected chi connectivity index (χ1v) is 6.53. The van der Waals surface area contributed by atoms with Gasteiger partial charge in [0, 0.05) is 18.0 Å². The minimum Gasteiger partial charge on any atom is -0.369 e. The molecule has 1 aliphatic heterocycles. The zero-order valence-electron chi connectivity index (χ0n) is 11.1. The van der Waals surface area contributed by atoms with Crippen LogP contribution in [0.5, 0.6) is 0 Å². The maximum absolute atomic E-state index is 12.2. The molecule has 0 aromatic carbocycles. The number of pyridine rings is 2. The Bertz CT molecular complexity index is 738. The molecule has 0 radical (unpaired) electrons. The molecule has 3 N–H and O–H groups in total. The summed E-state index contributed by atoms with van der Waals surface area (Å²) in [5.74, 6) is -0.709. The summed E-state index contributed by atoms with van der Waals surface area (Å²) in [7, 11) is 0. The Balaban J connectivity index is 2.16. The number of hydrogen-bond acceptors (Lipinski definition) is 4. The van der Waals surface area contributed by atoms with Crippen molar-refractivity contribution < 1.29 is 9.53 Å². The monoisotopic (exact) mass is 273 g/mol. The van der Waals surface area contributed by atoms with Crippen molar-refractivity contribution in [3.63, 3.8) is 0 Å². The van der Waals surface area contributed by atoms with E-state index >= 15 is 0 Å². The van der Waals surface area contributed by atoms with Crippen molar-refractivity contribution in [1.82, 2.24) is 9.97 Å². The van der Waals surface area contributed by atoms with Gasteiger partial charge in [0.2, 0.25) is 0 Å². The number of carbonyl (C=O) groups excluding carboxylic acids is 1. The number of primary amides is 1. The number of aromatic nitrogens is 2. The Morgan fingerprint density at radius 1 is 1.50 bits per heavy atom. The van der Waals surface area contributed by atoms with Crippen LogP contribution in [0.25, 0.3) is 10.9 Å². The summed E-state index contributed by atoms with van der Waals surface area (Å²) in [6, 6.07) is 3.13. The van der Waals surface area contributed by atoms with E-state index in [4.69, 9.17) is 10.5 Å². The van der Waals surface area contributed by atoms with E-state index in [2.05, 4.69) is 9.97 Å². The van der Waals surface area contributed by atoms with Gasteiger partial charge in [-0.2, -0.15) is 0 Å². The van der Waals surface area contributed by atoms with Gasteiger partial charge in [-0.3, -0.25) is 14.6 Å². The SMILES string of the molecule is CC1CC[C@H](c2cc(=O)c3c(C(N)=O)nccc3[nH]2)O1. The fraction of sp³-hybridized carbons (Fsp3) is 0.357. The van der Waals surface area contributed by atoms with Gasteiger partial charge >= 0.3 is 0 Å². The minimum absolute atomic E-state index is 0.00370. The molecular weight excluding hydrogens is 258 g/mol. The number of nitrogens with two attached hydrogens (primary N) is 1. The third-order valence-corrected chi connectivity index (χ3v) is 3.58. The lowest BCUT2D eigenvalue weighted by molar-refractivity contribution is 0.0532. The molecular formula is C14H15N3O3. The van der Waals surface area contributed by atoms with Gasteiger partial charge in [0.1, 0.15) is 5.69 Å².